The van der Waals surface area contributed by atoms with Gasteiger partial charge in [-0.05, 0) is 23.3 Å². The second-order valence-electron chi connectivity index (χ2n) is 3.66. The van der Waals surface area contributed by atoms with Crippen molar-refractivity contribution < 1.29 is 9.18 Å². The lowest BCUT2D eigenvalue weighted by atomic mass is 9.99. The summed E-state index contributed by atoms with van der Waals surface area (Å²) in [4.78, 5) is 14.9. The molecule has 17 heavy (non-hydrogen) atoms. The van der Waals surface area contributed by atoms with Crippen molar-refractivity contribution in [2.75, 3.05) is 0 Å². The van der Waals surface area contributed by atoms with Crippen LogP contribution in [0.25, 0.3) is 11.1 Å². The molecular formula is C13H11FN2O. The lowest BCUT2D eigenvalue weighted by molar-refractivity contribution is -0.117. The molecule has 4 heteroatoms. The maximum atomic E-state index is 13.7. The number of benzene rings is 1. The van der Waals surface area contributed by atoms with Crippen LogP contribution >= 0.6 is 0 Å². The van der Waals surface area contributed by atoms with Crippen LogP contribution in [0.15, 0.2) is 42.7 Å². The number of rotatable bonds is 3. The van der Waals surface area contributed by atoms with Gasteiger partial charge in [0, 0.05) is 18.0 Å². The van der Waals surface area contributed by atoms with Gasteiger partial charge in [-0.2, -0.15) is 0 Å². The summed E-state index contributed by atoms with van der Waals surface area (Å²) in [6.07, 6.45) is 3.15. The summed E-state index contributed by atoms with van der Waals surface area (Å²) in [7, 11) is 0. The van der Waals surface area contributed by atoms with Crippen molar-refractivity contribution in [3.05, 3.63) is 54.1 Å². The Hall–Kier alpha value is -2.23. The number of pyridine rings is 1. The highest BCUT2D eigenvalue weighted by atomic mass is 19.1. The van der Waals surface area contributed by atoms with Gasteiger partial charge in [-0.3, -0.25) is 9.78 Å². The number of carbonyl (C=O) groups excluding carboxylic acids is 1. The summed E-state index contributed by atoms with van der Waals surface area (Å²) >= 11 is 0. The topological polar surface area (TPSA) is 56.0 Å². The van der Waals surface area contributed by atoms with Crippen molar-refractivity contribution in [1.29, 1.82) is 0 Å². The van der Waals surface area contributed by atoms with Crippen LogP contribution in [0.3, 0.4) is 0 Å². The second kappa shape index (κ2) is 4.74. The summed E-state index contributed by atoms with van der Waals surface area (Å²) in [5.41, 5.74) is 6.88. The summed E-state index contributed by atoms with van der Waals surface area (Å²) < 4.78 is 13.7. The fourth-order valence-electron chi connectivity index (χ4n) is 1.70. The lowest BCUT2D eigenvalue weighted by Crippen LogP contribution is -2.14. The molecular weight excluding hydrogens is 219 g/mol. The van der Waals surface area contributed by atoms with Crippen LogP contribution in [0.5, 0.6) is 0 Å². The van der Waals surface area contributed by atoms with Gasteiger partial charge in [-0.1, -0.05) is 18.2 Å². The van der Waals surface area contributed by atoms with E-state index in [-0.39, 0.29) is 12.2 Å². The number of hydrogen-bond acceptors (Lipinski definition) is 2. The first-order valence-corrected chi connectivity index (χ1v) is 5.14. The summed E-state index contributed by atoms with van der Waals surface area (Å²) in [5, 5.41) is 0. The van der Waals surface area contributed by atoms with E-state index >= 15 is 0 Å². The van der Waals surface area contributed by atoms with E-state index < -0.39 is 5.91 Å². The van der Waals surface area contributed by atoms with Crippen LogP contribution in [-0.2, 0) is 11.2 Å². The highest BCUT2D eigenvalue weighted by molar-refractivity contribution is 5.80. The third-order valence-corrected chi connectivity index (χ3v) is 2.43. The van der Waals surface area contributed by atoms with Crippen LogP contribution < -0.4 is 5.73 Å². The Kier molecular flexibility index (Phi) is 3.14. The number of hydrogen-bond donors (Lipinski definition) is 1. The van der Waals surface area contributed by atoms with Crippen LogP contribution in [0.1, 0.15) is 5.56 Å². The molecule has 0 saturated heterocycles. The molecule has 86 valence electrons. The van der Waals surface area contributed by atoms with Gasteiger partial charge >= 0.3 is 0 Å². The Bertz CT molecular complexity index is 555. The number of aromatic nitrogens is 1. The number of carbonyl (C=O) groups is 1. The van der Waals surface area contributed by atoms with Crippen LogP contribution in [0.2, 0.25) is 0 Å². The normalized spacial score (nSPS) is 10.2. The Morgan fingerprint density at radius 3 is 2.71 bits per heavy atom. The van der Waals surface area contributed by atoms with E-state index in [4.69, 9.17) is 5.73 Å². The Morgan fingerprint density at radius 1 is 1.24 bits per heavy atom. The van der Waals surface area contributed by atoms with E-state index in [2.05, 4.69) is 4.98 Å². The van der Waals surface area contributed by atoms with Gasteiger partial charge in [0.2, 0.25) is 5.91 Å². The van der Waals surface area contributed by atoms with Crippen LogP contribution in [0, 0.1) is 5.82 Å². The average Bonchev–Trinajstić information content (AvgIpc) is 2.30. The number of halogens is 1. The van der Waals surface area contributed by atoms with Crippen LogP contribution in [0.4, 0.5) is 4.39 Å². The fraction of sp³-hybridized carbons (Fsp3) is 0.0769. The molecule has 0 atom stereocenters. The van der Waals surface area contributed by atoms with Gasteiger partial charge in [-0.25, -0.2) is 4.39 Å². The summed E-state index contributed by atoms with van der Waals surface area (Å²) in [6.45, 7) is 0. The minimum absolute atomic E-state index is 0.0531. The Morgan fingerprint density at radius 2 is 2.00 bits per heavy atom. The molecule has 1 heterocycles. The first-order chi connectivity index (χ1) is 8.18. The highest BCUT2D eigenvalue weighted by Crippen LogP contribution is 2.25. The molecule has 0 aliphatic heterocycles. The average molecular weight is 230 g/mol. The molecule has 0 fully saturated rings. The molecule has 0 spiro atoms. The molecule has 0 saturated carbocycles. The van der Waals surface area contributed by atoms with Crippen molar-refractivity contribution >= 4 is 5.91 Å². The quantitative estimate of drug-likeness (QED) is 0.875. The predicted molar refractivity (Wildman–Crippen MR) is 62.5 cm³/mol. The molecule has 0 unspecified atom stereocenters. The zero-order valence-electron chi connectivity index (χ0n) is 9.06. The monoisotopic (exact) mass is 230 g/mol. The molecule has 1 aromatic heterocycles. The van der Waals surface area contributed by atoms with Crippen LogP contribution in [-0.4, -0.2) is 10.9 Å². The second-order valence-corrected chi connectivity index (χ2v) is 3.66. The number of amides is 1. The molecule has 0 radical (unpaired) electrons. The van der Waals surface area contributed by atoms with Gasteiger partial charge in [0.05, 0.1) is 6.42 Å². The number of primary amides is 1. The molecule has 3 nitrogen and oxygen atoms in total. The molecule has 2 aromatic rings. The van der Waals surface area contributed by atoms with E-state index in [1.54, 1.807) is 30.5 Å². The van der Waals surface area contributed by atoms with Crippen molar-refractivity contribution in [3.63, 3.8) is 0 Å². The van der Waals surface area contributed by atoms with Crippen molar-refractivity contribution in [2.45, 2.75) is 6.42 Å². The molecule has 1 amide bonds. The number of nitrogens with two attached hydrogens (primary N) is 1. The van der Waals surface area contributed by atoms with Gasteiger partial charge < -0.3 is 5.73 Å². The van der Waals surface area contributed by atoms with Gasteiger partial charge in [0.25, 0.3) is 0 Å². The molecule has 2 rings (SSSR count). The van der Waals surface area contributed by atoms with Crippen molar-refractivity contribution in [1.82, 2.24) is 4.98 Å². The summed E-state index contributed by atoms with van der Waals surface area (Å²) in [6, 6.07) is 8.08. The summed E-state index contributed by atoms with van der Waals surface area (Å²) in [5.74, 6) is -0.792. The van der Waals surface area contributed by atoms with Gasteiger partial charge in [-0.15, -0.1) is 0 Å². The fourth-order valence-corrected chi connectivity index (χ4v) is 1.70. The molecule has 0 aliphatic rings. The molecule has 0 aliphatic carbocycles. The van der Waals surface area contributed by atoms with Crippen molar-refractivity contribution in [3.8, 4) is 11.1 Å². The molecule has 2 N–H and O–H groups in total. The minimum Gasteiger partial charge on any atom is -0.369 e. The van der Waals surface area contributed by atoms with Gasteiger partial charge in [0.15, 0.2) is 0 Å². The Balaban J connectivity index is 2.52. The highest BCUT2D eigenvalue weighted by Gasteiger charge is 2.10. The molecule has 1 aromatic carbocycles. The smallest absolute Gasteiger partial charge is 0.221 e. The van der Waals surface area contributed by atoms with E-state index in [0.717, 1.165) is 0 Å². The zero-order chi connectivity index (χ0) is 12.3. The largest absolute Gasteiger partial charge is 0.369 e. The Labute approximate surface area is 98.1 Å². The van der Waals surface area contributed by atoms with E-state index in [1.165, 1.54) is 12.3 Å². The standard InChI is InChI=1S/C13H11FN2O/c14-12-4-2-1-3-11(12)10-5-6-16-8-9(10)7-13(15)17/h1-6,8H,7H2,(H2,15,17). The van der Waals surface area contributed by atoms with E-state index in [9.17, 15) is 9.18 Å². The third-order valence-electron chi connectivity index (χ3n) is 2.43. The maximum absolute atomic E-state index is 13.7. The SMILES string of the molecule is NC(=O)Cc1cnccc1-c1ccccc1F. The van der Waals surface area contributed by atoms with E-state index in [1.807, 2.05) is 0 Å². The van der Waals surface area contributed by atoms with E-state index in [0.29, 0.717) is 16.7 Å². The zero-order valence-corrected chi connectivity index (χ0v) is 9.06. The third kappa shape index (κ3) is 2.47. The van der Waals surface area contributed by atoms with Crippen molar-refractivity contribution in [2.24, 2.45) is 5.73 Å². The lowest BCUT2D eigenvalue weighted by Gasteiger charge is -2.08. The first-order valence-electron chi connectivity index (χ1n) is 5.14. The minimum atomic E-state index is -0.462. The maximum Gasteiger partial charge on any atom is 0.221 e. The number of nitrogens with zero attached hydrogens (tertiary/aromatic N) is 1. The predicted octanol–water partition coefficient (Wildman–Crippen LogP) is 1.92. The van der Waals surface area contributed by atoms with Gasteiger partial charge in [0.1, 0.15) is 5.82 Å². The first kappa shape index (κ1) is 11.3. The molecule has 0 bridgehead atoms.